The van der Waals surface area contributed by atoms with Gasteiger partial charge in [0.2, 0.25) is 5.88 Å². The van der Waals surface area contributed by atoms with Crippen LogP contribution in [-0.4, -0.2) is 44.3 Å². The summed E-state index contributed by atoms with van der Waals surface area (Å²) in [6.07, 6.45) is 7.67. The minimum Gasteiger partial charge on any atom is -0.477 e. The van der Waals surface area contributed by atoms with Crippen molar-refractivity contribution in [1.29, 1.82) is 0 Å². The number of nitrogens with zero attached hydrogens (tertiary/aromatic N) is 6. The Morgan fingerprint density at radius 1 is 1.12 bits per heavy atom. The molecule has 0 radical (unpaired) electrons. The van der Waals surface area contributed by atoms with Gasteiger partial charge in [0.05, 0.1) is 12.8 Å². The third-order valence-corrected chi connectivity index (χ3v) is 5.13. The second-order valence-electron chi connectivity index (χ2n) is 6.94. The molecule has 7 nitrogen and oxygen atoms in total. The Morgan fingerprint density at radius 3 is 2.73 bits per heavy atom. The first-order valence-corrected chi connectivity index (χ1v) is 9.10. The Kier molecular flexibility index (Phi) is 4.44. The molecule has 4 heterocycles. The van der Waals surface area contributed by atoms with Crippen LogP contribution in [0.4, 0.5) is 5.82 Å². The number of aryl methyl sites for hydroxylation is 2. The lowest BCUT2D eigenvalue weighted by Gasteiger charge is -2.32. The van der Waals surface area contributed by atoms with E-state index in [0.717, 1.165) is 60.2 Å². The van der Waals surface area contributed by atoms with Crippen LogP contribution in [0.25, 0.3) is 5.52 Å². The Balaban J connectivity index is 1.38. The van der Waals surface area contributed by atoms with Crippen molar-refractivity contribution in [1.82, 2.24) is 24.6 Å². The molecule has 7 heteroatoms. The van der Waals surface area contributed by atoms with Crippen molar-refractivity contribution in [2.24, 2.45) is 5.92 Å². The highest BCUT2D eigenvalue weighted by Gasteiger charge is 2.23. The maximum atomic E-state index is 6.04. The molecule has 0 N–H and O–H groups in total. The van der Waals surface area contributed by atoms with E-state index in [1.807, 2.05) is 49.9 Å². The molecule has 26 heavy (non-hydrogen) atoms. The van der Waals surface area contributed by atoms with Gasteiger partial charge >= 0.3 is 0 Å². The van der Waals surface area contributed by atoms with E-state index in [2.05, 4.69) is 25.0 Å². The predicted octanol–water partition coefficient (Wildman–Crippen LogP) is 2.74. The minimum absolute atomic E-state index is 0.533. The summed E-state index contributed by atoms with van der Waals surface area (Å²) in [5.41, 5.74) is 3.08. The van der Waals surface area contributed by atoms with Gasteiger partial charge in [0, 0.05) is 36.7 Å². The van der Waals surface area contributed by atoms with Crippen molar-refractivity contribution >= 4 is 11.3 Å². The largest absolute Gasteiger partial charge is 0.477 e. The molecule has 0 unspecified atom stereocenters. The van der Waals surface area contributed by atoms with Crippen LogP contribution in [0.3, 0.4) is 0 Å². The van der Waals surface area contributed by atoms with Gasteiger partial charge in [0.1, 0.15) is 11.3 Å². The van der Waals surface area contributed by atoms with Gasteiger partial charge in [-0.15, -0.1) is 0 Å². The Hall–Kier alpha value is -2.70. The molecule has 136 valence electrons. The Bertz CT molecular complexity index is 914. The zero-order chi connectivity index (χ0) is 18.1. The summed E-state index contributed by atoms with van der Waals surface area (Å²) in [6.45, 7) is 8.58. The van der Waals surface area contributed by atoms with E-state index in [4.69, 9.17) is 4.74 Å². The van der Waals surface area contributed by atoms with Crippen molar-refractivity contribution in [3.8, 4) is 5.88 Å². The smallest absolute Gasteiger partial charge is 0.219 e. The van der Waals surface area contributed by atoms with Gasteiger partial charge in [-0.25, -0.2) is 14.5 Å². The van der Waals surface area contributed by atoms with Crippen LogP contribution < -0.4 is 9.64 Å². The summed E-state index contributed by atoms with van der Waals surface area (Å²) >= 11 is 0. The van der Waals surface area contributed by atoms with Gasteiger partial charge in [-0.2, -0.15) is 10.1 Å². The lowest BCUT2D eigenvalue weighted by Crippen LogP contribution is -2.36. The summed E-state index contributed by atoms with van der Waals surface area (Å²) in [7, 11) is 0. The predicted molar refractivity (Wildman–Crippen MR) is 99.7 cm³/mol. The number of hydrogen-bond acceptors (Lipinski definition) is 6. The molecule has 0 aromatic carbocycles. The number of hydrogen-bond donors (Lipinski definition) is 0. The van der Waals surface area contributed by atoms with Crippen molar-refractivity contribution < 1.29 is 4.74 Å². The fourth-order valence-electron chi connectivity index (χ4n) is 3.47. The maximum absolute atomic E-state index is 6.04. The van der Waals surface area contributed by atoms with Gasteiger partial charge in [-0.05, 0) is 45.6 Å². The second kappa shape index (κ2) is 6.90. The van der Waals surface area contributed by atoms with Crippen LogP contribution in [0.2, 0.25) is 0 Å². The molecule has 0 atom stereocenters. The summed E-state index contributed by atoms with van der Waals surface area (Å²) in [4.78, 5) is 15.7. The van der Waals surface area contributed by atoms with Gasteiger partial charge in [-0.3, -0.25) is 0 Å². The van der Waals surface area contributed by atoms with E-state index in [1.165, 1.54) is 0 Å². The molecule has 1 saturated heterocycles. The molecular weight excluding hydrogens is 328 g/mol. The molecule has 0 bridgehead atoms. The average Bonchev–Trinajstić information content (AvgIpc) is 3.13. The van der Waals surface area contributed by atoms with Crippen LogP contribution >= 0.6 is 0 Å². The number of ether oxygens (including phenoxy) is 1. The molecule has 0 aliphatic carbocycles. The van der Waals surface area contributed by atoms with Gasteiger partial charge < -0.3 is 9.64 Å². The quantitative estimate of drug-likeness (QED) is 0.719. The van der Waals surface area contributed by atoms with Crippen LogP contribution in [0, 0.1) is 26.7 Å². The third-order valence-electron chi connectivity index (χ3n) is 5.13. The number of anilines is 1. The van der Waals surface area contributed by atoms with Crippen molar-refractivity contribution in [2.45, 2.75) is 33.6 Å². The standard InChI is InChI=1S/C19H24N6O/c1-13-14(2)22-15(3)23-19(13)26-12-16-5-9-24(10-6-16)18-17-4-7-21-25(17)11-8-20-18/h4,7-8,11,16H,5-6,9-10,12H2,1-3H3. The highest BCUT2D eigenvalue weighted by molar-refractivity contribution is 5.68. The summed E-state index contributed by atoms with van der Waals surface area (Å²) in [5.74, 6) is 3.04. The number of aromatic nitrogens is 5. The Morgan fingerprint density at radius 2 is 1.92 bits per heavy atom. The summed E-state index contributed by atoms with van der Waals surface area (Å²) < 4.78 is 7.91. The first-order valence-electron chi connectivity index (χ1n) is 9.10. The molecule has 0 saturated carbocycles. The van der Waals surface area contributed by atoms with Crippen molar-refractivity contribution in [3.05, 3.63) is 41.7 Å². The fourth-order valence-corrected chi connectivity index (χ4v) is 3.47. The second-order valence-corrected chi connectivity index (χ2v) is 6.94. The van der Waals surface area contributed by atoms with Gasteiger partial charge in [0.25, 0.3) is 0 Å². The van der Waals surface area contributed by atoms with E-state index in [9.17, 15) is 0 Å². The van der Waals surface area contributed by atoms with Crippen molar-refractivity contribution in [2.75, 3.05) is 24.6 Å². The SMILES string of the molecule is Cc1nc(C)c(C)c(OCC2CCN(c3nccn4nccc34)CC2)n1. The zero-order valence-corrected chi connectivity index (χ0v) is 15.5. The molecular formula is C19H24N6O. The molecule has 0 spiro atoms. The Labute approximate surface area is 153 Å². The van der Waals surface area contributed by atoms with E-state index in [-0.39, 0.29) is 0 Å². The normalized spacial score (nSPS) is 15.6. The first-order chi connectivity index (χ1) is 12.6. The van der Waals surface area contributed by atoms with Crippen LogP contribution in [-0.2, 0) is 0 Å². The van der Waals surface area contributed by atoms with Crippen LogP contribution in [0.5, 0.6) is 5.88 Å². The number of rotatable bonds is 4. The van der Waals surface area contributed by atoms with E-state index in [1.54, 1.807) is 0 Å². The molecule has 1 aliphatic heterocycles. The average molecular weight is 352 g/mol. The molecule has 3 aromatic heterocycles. The van der Waals surface area contributed by atoms with Crippen LogP contribution in [0.1, 0.15) is 29.9 Å². The maximum Gasteiger partial charge on any atom is 0.219 e. The molecule has 0 amide bonds. The van der Waals surface area contributed by atoms with E-state index < -0.39 is 0 Å². The van der Waals surface area contributed by atoms with Gasteiger partial charge in [0.15, 0.2) is 5.82 Å². The molecule has 3 aromatic rings. The topological polar surface area (TPSA) is 68.4 Å². The molecule has 1 fully saturated rings. The van der Waals surface area contributed by atoms with Crippen LogP contribution in [0.15, 0.2) is 24.7 Å². The lowest BCUT2D eigenvalue weighted by atomic mass is 9.98. The monoisotopic (exact) mass is 352 g/mol. The number of piperidine rings is 1. The number of fused-ring (bicyclic) bond motifs is 1. The molecule has 1 aliphatic rings. The summed E-state index contributed by atoms with van der Waals surface area (Å²) in [5, 5.41) is 4.29. The summed E-state index contributed by atoms with van der Waals surface area (Å²) in [6, 6.07) is 2.01. The lowest BCUT2D eigenvalue weighted by molar-refractivity contribution is 0.214. The third kappa shape index (κ3) is 3.21. The molecule has 4 rings (SSSR count). The zero-order valence-electron chi connectivity index (χ0n) is 15.5. The van der Waals surface area contributed by atoms with E-state index in [0.29, 0.717) is 12.5 Å². The van der Waals surface area contributed by atoms with Crippen molar-refractivity contribution in [3.63, 3.8) is 0 Å². The highest BCUT2D eigenvalue weighted by Crippen LogP contribution is 2.26. The van der Waals surface area contributed by atoms with Gasteiger partial charge in [-0.1, -0.05) is 0 Å². The fraction of sp³-hybridized carbons (Fsp3) is 0.474. The highest BCUT2D eigenvalue weighted by atomic mass is 16.5. The minimum atomic E-state index is 0.533. The van der Waals surface area contributed by atoms with E-state index >= 15 is 0 Å². The first kappa shape index (κ1) is 16.8.